The van der Waals surface area contributed by atoms with Gasteiger partial charge in [0.2, 0.25) is 0 Å². The van der Waals surface area contributed by atoms with Crippen LogP contribution < -0.4 is 5.56 Å². The van der Waals surface area contributed by atoms with Gasteiger partial charge in [-0.3, -0.25) is 4.79 Å². The molecule has 0 saturated carbocycles. The van der Waals surface area contributed by atoms with Crippen LogP contribution in [0.3, 0.4) is 0 Å². The molecule has 0 saturated heterocycles. The largest absolute Gasteiger partial charge is 0.508 e. The van der Waals surface area contributed by atoms with Crippen molar-refractivity contribution in [2.45, 2.75) is 0 Å². The van der Waals surface area contributed by atoms with E-state index in [0.717, 1.165) is 5.56 Å². The number of aromatic nitrogens is 2. The Hall–Kier alpha value is -2.10. The molecule has 0 bridgehead atoms. The van der Waals surface area contributed by atoms with Gasteiger partial charge in [-0.15, -0.1) is 0 Å². The third-order valence-electron chi connectivity index (χ3n) is 1.84. The fraction of sp³-hybridized carbons (Fsp3) is 0. The first kappa shape index (κ1) is 8.50. The van der Waals surface area contributed by atoms with E-state index >= 15 is 0 Å². The van der Waals surface area contributed by atoms with Gasteiger partial charge in [-0.1, -0.05) is 0 Å². The number of nitrogens with one attached hydrogen (secondary N) is 1. The Morgan fingerprint density at radius 2 is 1.93 bits per heavy atom. The molecule has 1 aromatic carbocycles. The summed E-state index contributed by atoms with van der Waals surface area (Å²) in [5.41, 5.74) is 1.20. The fourth-order valence-electron chi connectivity index (χ4n) is 1.16. The van der Waals surface area contributed by atoms with Crippen LogP contribution in [0.15, 0.2) is 41.5 Å². The molecule has 70 valence electrons. The zero-order valence-corrected chi connectivity index (χ0v) is 7.27. The molecule has 0 radical (unpaired) electrons. The van der Waals surface area contributed by atoms with Gasteiger partial charge < -0.3 is 10.1 Å². The van der Waals surface area contributed by atoms with Crippen LogP contribution in [0.25, 0.3) is 11.3 Å². The van der Waals surface area contributed by atoms with Crippen molar-refractivity contribution in [2.75, 3.05) is 0 Å². The Morgan fingerprint density at radius 3 is 2.57 bits per heavy atom. The van der Waals surface area contributed by atoms with Crippen molar-refractivity contribution < 1.29 is 5.11 Å². The van der Waals surface area contributed by atoms with Crippen molar-refractivity contribution >= 4 is 0 Å². The molecule has 1 aromatic heterocycles. The van der Waals surface area contributed by atoms with Gasteiger partial charge in [-0.05, 0) is 24.3 Å². The summed E-state index contributed by atoms with van der Waals surface area (Å²) in [6.07, 6.45) is 1.35. The lowest BCUT2D eigenvalue weighted by Crippen LogP contribution is -2.04. The van der Waals surface area contributed by atoms with Gasteiger partial charge in [0, 0.05) is 11.6 Å². The molecule has 2 N–H and O–H groups in total. The van der Waals surface area contributed by atoms with E-state index in [0.29, 0.717) is 5.69 Å². The molecular formula is C10H8N2O2. The van der Waals surface area contributed by atoms with Crippen molar-refractivity contribution in [3.8, 4) is 17.0 Å². The molecule has 2 aromatic rings. The number of aromatic hydroxyl groups is 1. The number of hydrogen-bond donors (Lipinski definition) is 2. The summed E-state index contributed by atoms with van der Waals surface area (Å²) in [5, 5.41) is 9.07. The molecule has 0 atom stereocenters. The van der Waals surface area contributed by atoms with E-state index in [1.54, 1.807) is 24.3 Å². The van der Waals surface area contributed by atoms with Crippen LogP contribution in [-0.2, 0) is 0 Å². The maximum absolute atomic E-state index is 11.0. The second-order valence-electron chi connectivity index (χ2n) is 2.84. The molecule has 2 rings (SSSR count). The Kier molecular flexibility index (Phi) is 2.02. The van der Waals surface area contributed by atoms with Gasteiger partial charge in [0.05, 0.1) is 12.0 Å². The van der Waals surface area contributed by atoms with Crippen LogP contribution in [0.1, 0.15) is 0 Å². The number of H-pyrrole nitrogens is 1. The number of phenolic OH excluding ortho intramolecular Hbond substituents is 1. The second-order valence-corrected chi connectivity index (χ2v) is 2.84. The third kappa shape index (κ3) is 1.64. The fourth-order valence-corrected chi connectivity index (χ4v) is 1.16. The first-order chi connectivity index (χ1) is 6.75. The predicted molar refractivity (Wildman–Crippen MR) is 52.0 cm³/mol. The van der Waals surface area contributed by atoms with E-state index in [1.807, 2.05) is 0 Å². The van der Waals surface area contributed by atoms with Crippen molar-refractivity contribution in [2.24, 2.45) is 0 Å². The van der Waals surface area contributed by atoms with E-state index in [2.05, 4.69) is 9.97 Å². The summed E-state index contributed by atoms with van der Waals surface area (Å²) in [6, 6.07) is 7.93. The second kappa shape index (κ2) is 3.33. The minimum absolute atomic E-state index is 0.192. The van der Waals surface area contributed by atoms with Crippen LogP contribution in [-0.4, -0.2) is 15.1 Å². The number of benzene rings is 1. The lowest BCUT2D eigenvalue weighted by atomic mass is 10.1. The highest BCUT2D eigenvalue weighted by atomic mass is 16.3. The highest BCUT2D eigenvalue weighted by Crippen LogP contribution is 2.17. The molecular weight excluding hydrogens is 180 g/mol. The zero-order chi connectivity index (χ0) is 9.97. The van der Waals surface area contributed by atoms with Gasteiger partial charge >= 0.3 is 0 Å². The molecule has 4 nitrogen and oxygen atoms in total. The highest BCUT2D eigenvalue weighted by Gasteiger charge is 1.98. The smallest absolute Gasteiger partial charge is 0.251 e. The molecule has 0 fully saturated rings. The van der Waals surface area contributed by atoms with Crippen LogP contribution in [0, 0.1) is 0 Å². The number of hydrogen-bond acceptors (Lipinski definition) is 3. The minimum atomic E-state index is -0.192. The lowest BCUT2D eigenvalue weighted by molar-refractivity contribution is 0.475. The van der Waals surface area contributed by atoms with E-state index in [1.165, 1.54) is 12.4 Å². The summed E-state index contributed by atoms with van der Waals surface area (Å²) in [7, 11) is 0. The van der Waals surface area contributed by atoms with E-state index in [-0.39, 0.29) is 11.3 Å². The van der Waals surface area contributed by atoms with Gasteiger partial charge in [-0.25, -0.2) is 4.98 Å². The van der Waals surface area contributed by atoms with Crippen molar-refractivity contribution in [1.29, 1.82) is 0 Å². The summed E-state index contributed by atoms with van der Waals surface area (Å²) in [6.45, 7) is 0. The Labute approximate surface area is 79.9 Å². The van der Waals surface area contributed by atoms with Gasteiger partial charge in [0.15, 0.2) is 0 Å². The molecule has 0 spiro atoms. The summed E-state index contributed by atoms with van der Waals surface area (Å²) in [4.78, 5) is 17.4. The predicted octanol–water partition coefficient (Wildman–Crippen LogP) is 1.14. The maximum atomic E-state index is 11.0. The summed E-state index contributed by atoms with van der Waals surface area (Å²) in [5.74, 6) is 0.193. The van der Waals surface area contributed by atoms with E-state index < -0.39 is 0 Å². The third-order valence-corrected chi connectivity index (χ3v) is 1.84. The number of aromatic amines is 1. The van der Waals surface area contributed by atoms with Crippen LogP contribution in [0.5, 0.6) is 5.75 Å². The first-order valence-electron chi connectivity index (χ1n) is 4.10. The van der Waals surface area contributed by atoms with Gasteiger partial charge in [-0.2, -0.15) is 0 Å². The number of nitrogens with zero attached hydrogens (tertiary/aromatic N) is 1. The Morgan fingerprint density at radius 1 is 1.21 bits per heavy atom. The normalized spacial score (nSPS) is 10.0. The van der Waals surface area contributed by atoms with Crippen molar-refractivity contribution in [3.05, 3.63) is 47.0 Å². The SMILES string of the molecule is O=c1cc(-c2ccc(O)cc2)nc[nH]1. The molecule has 0 aliphatic heterocycles. The quantitative estimate of drug-likeness (QED) is 0.705. The molecule has 0 unspecified atom stereocenters. The van der Waals surface area contributed by atoms with E-state index in [4.69, 9.17) is 5.11 Å². The summed E-state index contributed by atoms with van der Waals surface area (Å²) >= 11 is 0. The van der Waals surface area contributed by atoms with Crippen LogP contribution >= 0.6 is 0 Å². The first-order valence-corrected chi connectivity index (χ1v) is 4.10. The van der Waals surface area contributed by atoms with Gasteiger partial charge in [0.25, 0.3) is 5.56 Å². The standard InChI is InChI=1S/C10H8N2O2/c13-8-3-1-7(2-4-8)9-5-10(14)12-6-11-9/h1-6,13H,(H,11,12,14). The zero-order valence-electron chi connectivity index (χ0n) is 7.27. The lowest BCUT2D eigenvalue weighted by Gasteiger charge is -1.98. The molecule has 0 aliphatic rings. The molecule has 4 heteroatoms. The topological polar surface area (TPSA) is 66.0 Å². The van der Waals surface area contributed by atoms with Crippen molar-refractivity contribution in [3.63, 3.8) is 0 Å². The monoisotopic (exact) mass is 188 g/mol. The minimum Gasteiger partial charge on any atom is -0.508 e. The average molecular weight is 188 g/mol. The molecule has 1 heterocycles. The molecule has 14 heavy (non-hydrogen) atoms. The van der Waals surface area contributed by atoms with Crippen LogP contribution in [0.2, 0.25) is 0 Å². The average Bonchev–Trinajstić information content (AvgIpc) is 2.19. The van der Waals surface area contributed by atoms with E-state index in [9.17, 15) is 4.79 Å². The Balaban J connectivity index is 2.50. The van der Waals surface area contributed by atoms with Gasteiger partial charge in [0.1, 0.15) is 5.75 Å². The van der Waals surface area contributed by atoms with Crippen LogP contribution in [0.4, 0.5) is 0 Å². The Bertz CT molecular complexity index is 488. The molecule has 0 amide bonds. The highest BCUT2D eigenvalue weighted by molar-refractivity contribution is 5.59. The number of phenols is 1. The van der Waals surface area contributed by atoms with Crippen molar-refractivity contribution in [1.82, 2.24) is 9.97 Å². The number of rotatable bonds is 1. The molecule has 0 aliphatic carbocycles. The maximum Gasteiger partial charge on any atom is 0.251 e. The summed E-state index contributed by atoms with van der Waals surface area (Å²) < 4.78 is 0.